The molecule has 1 atom stereocenters. The van der Waals surface area contributed by atoms with Gasteiger partial charge >= 0.3 is 12.1 Å². The lowest BCUT2D eigenvalue weighted by molar-refractivity contribution is -0.143. The van der Waals surface area contributed by atoms with E-state index < -0.39 is 23.7 Å². The standard InChI is InChI=1S/C22H29N3O4.ClH/c1-13(20(26)28-2)25(18-5-3-4-17(9-18)19(23)24)21(27)29-22-10-14-6-15(11-22)8-16(7-14)12-22;/h3-5,9,13-16H,6-8,10-12H2,1-2H3,(H3,23,24);1H/t13-,14?,15?,16?,22?;/m0./s1. The number of amides is 1. The predicted molar refractivity (Wildman–Crippen MR) is 116 cm³/mol. The zero-order valence-corrected chi connectivity index (χ0v) is 18.2. The van der Waals surface area contributed by atoms with Gasteiger partial charge in [-0.3, -0.25) is 10.3 Å². The van der Waals surface area contributed by atoms with Crippen LogP contribution in [0.15, 0.2) is 24.3 Å². The van der Waals surface area contributed by atoms with Gasteiger partial charge in [-0.15, -0.1) is 12.4 Å². The summed E-state index contributed by atoms with van der Waals surface area (Å²) < 4.78 is 11.1. The van der Waals surface area contributed by atoms with E-state index in [0.29, 0.717) is 29.0 Å². The van der Waals surface area contributed by atoms with Crippen LogP contribution in [0.25, 0.3) is 0 Å². The number of nitrogens with zero attached hydrogens (tertiary/aromatic N) is 1. The fraction of sp³-hybridized carbons (Fsp3) is 0.591. The van der Waals surface area contributed by atoms with Crippen LogP contribution >= 0.6 is 12.4 Å². The number of anilines is 1. The molecule has 0 heterocycles. The van der Waals surface area contributed by atoms with Crippen molar-refractivity contribution in [3.8, 4) is 0 Å². The normalized spacial score (nSPS) is 29.5. The van der Waals surface area contributed by atoms with Crippen LogP contribution in [0.1, 0.15) is 51.0 Å². The molecule has 1 aromatic carbocycles. The topological polar surface area (TPSA) is 106 Å². The molecule has 0 aromatic heterocycles. The van der Waals surface area contributed by atoms with Gasteiger partial charge in [-0.2, -0.15) is 0 Å². The summed E-state index contributed by atoms with van der Waals surface area (Å²) in [6.45, 7) is 1.62. The van der Waals surface area contributed by atoms with Crippen molar-refractivity contribution >= 4 is 36.0 Å². The lowest BCUT2D eigenvalue weighted by atomic mass is 9.54. The Hall–Kier alpha value is -2.28. The smallest absolute Gasteiger partial charge is 0.415 e. The van der Waals surface area contributed by atoms with Crippen LogP contribution in [0.4, 0.5) is 10.5 Å². The number of amidine groups is 1. The van der Waals surface area contributed by atoms with Crippen molar-refractivity contribution in [1.82, 2.24) is 0 Å². The molecule has 0 unspecified atom stereocenters. The fourth-order valence-corrected chi connectivity index (χ4v) is 5.98. The number of hydrogen-bond acceptors (Lipinski definition) is 5. The van der Waals surface area contributed by atoms with Crippen molar-refractivity contribution in [2.75, 3.05) is 12.0 Å². The summed E-state index contributed by atoms with van der Waals surface area (Å²) in [4.78, 5) is 27.0. The van der Waals surface area contributed by atoms with E-state index in [0.717, 1.165) is 19.3 Å². The second-order valence-electron chi connectivity index (χ2n) is 9.00. The highest BCUT2D eigenvalue weighted by Crippen LogP contribution is 2.57. The molecule has 0 aliphatic heterocycles. The molecule has 4 fully saturated rings. The van der Waals surface area contributed by atoms with E-state index >= 15 is 0 Å². The van der Waals surface area contributed by atoms with Gasteiger partial charge in [0.2, 0.25) is 0 Å². The first-order valence-electron chi connectivity index (χ1n) is 10.3. The second kappa shape index (κ2) is 8.46. The lowest BCUT2D eigenvalue weighted by Gasteiger charge is -2.55. The second-order valence-corrected chi connectivity index (χ2v) is 9.00. The third kappa shape index (κ3) is 4.13. The maximum Gasteiger partial charge on any atom is 0.415 e. The fourth-order valence-electron chi connectivity index (χ4n) is 5.98. The van der Waals surface area contributed by atoms with E-state index in [9.17, 15) is 9.59 Å². The molecule has 30 heavy (non-hydrogen) atoms. The Morgan fingerprint density at radius 2 is 1.73 bits per heavy atom. The van der Waals surface area contributed by atoms with Crippen LogP contribution in [0, 0.1) is 23.2 Å². The maximum atomic E-state index is 13.4. The monoisotopic (exact) mass is 435 g/mol. The van der Waals surface area contributed by atoms with E-state index in [1.807, 2.05) is 0 Å². The molecule has 164 valence electrons. The SMILES string of the molecule is COC(=O)[C@H](C)N(C(=O)OC12CC3CC(CC(C3)C1)C2)c1cccc(C(=N)N)c1.Cl. The van der Waals surface area contributed by atoms with E-state index in [1.54, 1.807) is 31.2 Å². The largest absolute Gasteiger partial charge is 0.467 e. The number of carbonyl (C=O) groups excluding carboxylic acids is 2. The summed E-state index contributed by atoms with van der Waals surface area (Å²) in [5.41, 5.74) is 6.14. The number of nitrogen functional groups attached to an aromatic ring is 1. The van der Waals surface area contributed by atoms with E-state index in [2.05, 4.69) is 0 Å². The zero-order valence-electron chi connectivity index (χ0n) is 17.4. The molecule has 4 aliphatic rings. The van der Waals surface area contributed by atoms with Crippen molar-refractivity contribution in [2.24, 2.45) is 23.5 Å². The number of carbonyl (C=O) groups is 2. The van der Waals surface area contributed by atoms with Gasteiger partial charge in [0.25, 0.3) is 0 Å². The number of esters is 1. The quantitative estimate of drug-likeness (QED) is 0.415. The first-order chi connectivity index (χ1) is 13.8. The molecule has 5 rings (SSSR count). The van der Waals surface area contributed by atoms with Gasteiger partial charge in [0.1, 0.15) is 17.5 Å². The molecule has 0 radical (unpaired) electrons. The maximum absolute atomic E-state index is 13.4. The number of rotatable bonds is 5. The van der Waals surface area contributed by atoms with Crippen LogP contribution in [0.3, 0.4) is 0 Å². The van der Waals surface area contributed by atoms with Gasteiger partial charge in [-0.1, -0.05) is 12.1 Å². The molecule has 4 bridgehead atoms. The molecule has 4 aliphatic carbocycles. The molecule has 4 saturated carbocycles. The highest BCUT2D eigenvalue weighted by Gasteiger charge is 2.53. The molecule has 7 nitrogen and oxygen atoms in total. The Kier molecular flexibility index (Phi) is 6.32. The molecule has 8 heteroatoms. The first kappa shape index (κ1) is 22.4. The highest BCUT2D eigenvalue weighted by atomic mass is 35.5. The number of hydrogen-bond donors (Lipinski definition) is 2. The summed E-state index contributed by atoms with van der Waals surface area (Å²) in [5, 5.41) is 7.68. The number of methoxy groups -OCH3 is 1. The number of nitrogens with one attached hydrogen (secondary N) is 1. The minimum Gasteiger partial charge on any atom is -0.467 e. The number of halogens is 1. The van der Waals surface area contributed by atoms with Gasteiger partial charge in [0, 0.05) is 11.3 Å². The molecule has 0 spiro atoms. The summed E-state index contributed by atoms with van der Waals surface area (Å²) in [7, 11) is 1.30. The van der Waals surface area contributed by atoms with Crippen molar-refractivity contribution in [1.29, 1.82) is 5.41 Å². The third-order valence-corrected chi connectivity index (χ3v) is 6.85. The van der Waals surface area contributed by atoms with Crippen molar-refractivity contribution in [3.63, 3.8) is 0 Å². The molecule has 1 aromatic rings. The van der Waals surface area contributed by atoms with Crippen molar-refractivity contribution in [3.05, 3.63) is 29.8 Å². The van der Waals surface area contributed by atoms with Gasteiger partial charge < -0.3 is 15.2 Å². The summed E-state index contributed by atoms with van der Waals surface area (Å²) in [5.74, 6) is 1.29. The van der Waals surface area contributed by atoms with Crippen LogP contribution in [0.2, 0.25) is 0 Å². The van der Waals surface area contributed by atoms with E-state index in [4.69, 9.17) is 20.6 Å². The Morgan fingerprint density at radius 1 is 1.17 bits per heavy atom. The van der Waals surface area contributed by atoms with Crippen LogP contribution in [0.5, 0.6) is 0 Å². The Balaban J connectivity index is 0.00000256. The van der Waals surface area contributed by atoms with E-state index in [1.165, 1.54) is 31.3 Å². The lowest BCUT2D eigenvalue weighted by Crippen LogP contribution is -2.55. The molecular weight excluding hydrogens is 406 g/mol. The molecule has 3 N–H and O–H groups in total. The summed E-state index contributed by atoms with van der Waals surface area (Å²) in [6, 6.07) is 5.89. The first-order valence-corrected chi connectivity index (χ1v) is 10.3. The highest BCUT2D eigenvalue weighted by molar-refractivity contribution is 5.99. The zero-order chi connectivity index (χ0) is 20.8. The summed E-state index contributed by atoms with van der Waals surface area (Å²) in [6.07, 6.45) is 5.96. The predicted octanol–water partition coefficient (Wildman–Crippen LogP) is 3.87. The Morgan fingerprint density at radius 3 is 2.23 bits per heavy atom. The Labute approximate surface area is 183 Å². The van der Waals surface area contributed by atoms with Crippen molar-refractivity contribution < 1.29 is 19.1 Å². The average Bonchev–Trinajstić information content (AvgIpc) is 2.66. The average molecular weight is 436 g/mol. The van der Waals surface area contributed by atoms with Gasteiger partial charge in [0.15, 0.2) is 0 Å². The van der Waals surface area contributed by atoms with Gasteiger partial charge in [-0.05, 0) is 75.3 Å². The number of benzene rings is 1. The van der Waals surface area contributed by atoms with E-state index in [-0.39, 0.29) is 18.2 Å². The summed E-state index contributed by atoms with van der Waals surface area (Å²) >= 11 is 0. The third-order valence-electron chi connectivity index (χ3n) is 6.85. The molecular formula is C22H30ClN3O4. The van der Waals surface area contributed by atoms with Gasteiger partial charge in [-0.25, -0.2) is 9.59 Å². The van der Waals surface area contributed by atoms with Crippen LogP contribution < -0.4 is 10.6 Å². The van der Waals surface area contributed by atoms with Gasteiger partial charge in [0.05, 0.1) is 7.11 Å². The van der Waals surface area contributed by atoms with Crippen LogP contribution in [-0.4, -0.2) is 36.7 Å². The molecule has 0 saturated heterocycles. The number of nitrogens with two attached hydrogens (primary N) is 1. The molecule has 1 amide bonds. The van der Waals surface area contributed by atoms with Crippen LogP contribution in [-0.2, 0) is 14.3 Å². The Bertz CT molecular complexity index is 808. The number of ether oxygens (including phenoxy) is 2. The minimum absolute atomic E-state index is 0. The minimum atomic E-state index is -0.858. The van der Waals surface area contributed by atoms with Crippen molar-refractivity contribution in [2.45, 2.75) is 57.1 Å².